The molecule has 0 saturated heterocycles. The molecule has 9 heavy (non-hydrogen) atoms. The topological polar surface area (TPSA) is 37.3 Å². The minimum Gasteiger partial charge on any atom is -0.306 e. The third-order valence-electron chi connectivity index (χ3n) is 1.40. The van der Waals surface area contributed by atoms with Crippen LogP contribution in [0.4, 0.5) is 0 Å². The normalized spacial score (nSPS) is 19.3. The van der Waals surface area contributed by atoms with E-state index >= 15 is 0 Å². The lowest BCUT2D eigenvalue weighted by molar-refractivity contribution is 0.557. The smallest absolute Gasteiger partial charge is 0.159 e. The third kappa shape index (κ3) is 2.77. The second kappa shape index (κ2) is 3.80. The molecule has 0 aliphatic carbocycles. The van der Waals surface area contributed by atoms with Crippen LogP contribution < -0.4 is 0 Å². The highest BCUT2D eigenvalue weighted by Gasteiger charge is 2.07. The Morgan fingerprint density at radius 3 is 2.33 bits per heavy atom. The van der Waals surface area contributed by atoms with Gasteiger partial charge in [-0.1, -0.05) is 11.6 Å². The van der Waals surface area contributed by atoms with Gasteiger partial charge in [-0.15, -0.1) is 0 Å². The van der Waals surface area contributed by atoms with Crippen LogP contribution in [0.25, 0.3) is 0 Å². The van der Waals surface area contributed by atoms with Crippen LogP contribution in [0.5, 0.6) is 0 Å². The monoisotopic (exact) mass is 148 g/mol. The number of hydrogen-bond acceptors (Lipinski definition) is 1. The summed E-state index contributed by atoms with van der Waals surface area (Å²) < 4.78 is 18.9. The lowest BCUT2D eigenvalue weighted by atomic mass is 10.2. The van der Waals surface area contributed by atoms with E-state index in [4.69, 9.17) is 4.55 Å². The van der Waals surface area contributed by atoms with E-state index < -0.39 is 11.1 Å². The number of rotatable bonds is 2. The third-order valence-corrected chi connectivity index (χ3v) is 2.38. The molecule has 2 atom stereocenters. The Hall–Kier alpha value is -0.150. The van der Waals surface area contributed by atoms with Gasteiger partial charge in [-0.25, -0.2) is 4.21 Å². The van der Waals surface area contributed by atoms with Gasteiger partial charge in [-0.05, 0) is 20.8 Å². The molecule has 54 valence electrons. The molecule has 0 rings (SSSR count). The molecule has 0 aromatic heterocycles. The van der Waals surface area contributed by atoms with E-state index in [0.29, 0.717) is 0 Å². The molecule has 2 unspecified atom stereocenters. The molecule has 0 bridgehead atoms. The number of allylic oxidation sites excluding steroid dienone is 1. The molecule has 1 N–H and O–H groups in total. The molecule has 0 fully saturated rings. The first-order valence-electron chi connectivity index (χ1n) is 2.82. The first kappa shape index (κ1) is 8.85. The van der Waals surface area contributed by atoms with Crippen LogP contribution in [0, 0.1) is 0 Å². The highest BCUT2D eigenvalue weighted by Crippen LogP contribution is 2.05. The van der Waals surface area contributed by atoms with Gasteiger partial charge in [0.2, 0.25) is 0 Å². The van der Waals surface area contributed by atoms with Crippen LogP contribution in [0.15, 0.2) is 11.6 Å². The van der Waals surface area contributed by atoms with Gasteiger partial charge in [-0.3, -0.25) is 0 Å². The Morgan fingerprint density at radius 2 is 2.22 bits per heavy atom. The maximum atomic E-state index is 10.4. The van der Waals surface area contributed by atoms with Crippen molar-refractivity contribution in [2.75, 3.05) is 0 Å². The Balaban J connectivity index is 4.04. The van der Waals surface area contributed by atoms with Gasteiger partial charge in [0.15, 0.2) is 11.1 Å². The molecule has 0 aromatic rings. The molecule has 0 spiro atoms. The second-order valence-corrected chi connectivity index (χ2v) is 3.21. The summed E-state index contributed by atoms with van der Waals surface area (Å²) in [5.74, 6) is 0. The molecular weight excluding hydrogens is 136 g/mol. The highest BCUT2D eigenvalue weighted by molar-refractivity contribution is 7.80. The van der Waals surface area contributed by atoms with E-state index in [1.165, 1.54) is 0 Å². The Labute approximate surface area is 58.3 Å². The first-order valence-corrected chi connectivity index (χ1v) is 3.99. The molecule has 0 saturated carbocycles. The summed E-state index contributed by atoms with van der Waals surface area (Å²) in [4.78, 5) is 0. The molecule has 0 aliphatic rings. The van der Waals surface area contributed by atoms with Crippen molar-refractivity contribution in [2.24, 2.45) is 0 Å². The van der Waals surface area contributed by atoms with Crippen molar-refractivity contribution in [3.05, 3.63) is 11.6 Å². The van der Waals surface area contributed by atoms with Crippen molar-refractivity contribution in [2.45, 2.75) is 26.0 Å². The summed E-state index contributed by atoms with van der Waals surface area (Å²) in [6.07, 6.45) is 1.85. The van der Waals surface area contributed by atoms with E-state index in [9.17, 15) is 4.21 Å². The van der Waals surface area contributed by atoms with Gasteiger partial charge in [0, 0.05) is 0 Å². The molecule has 0 amide bonds. The van der Waals surface area contributed by atoms with Gasteiger partial charge in [0.25, 0.3) is 0 Å². The standard InChI is InChI=1S/C6H12O2S/c1-4-5(2)6(3)9(7)8/h4,6H,1-3H3,(H,7,8). The Kier molecular flexibility index (Phi) is 3.73. The van der Waals surface area contributed by atoms with Crippen molar-refractivity contribution < 1.29 is 8.76 Å². The summed E-state index contributed by atoms with van der Waals surface area (Å²) in [6, 6.07) is 0. The van der Waals surface area contributed by atoms with E-state index in [1.54, 1.807) is 6.92 Å². The largest absolute Gasteiger partial charge is 0.306 e. The maximum absolute atomic E-state index is 10.4. The van der Waals surface area contributed by atoms with Crippen LogP contribution in [0.1, 0.15) is 20.8 Å². The predicted octanol–water partition coefficient (Wildman–Crippen LogP) is 1.56. The predicted molar refractivity (Wildman–Crippen MR) is 39.7 cm³/mol. The average molecular weight is 148 g/mol. The second-order valence-electron chi connectivity index (χ2n) is 1.95. The maximum Gasteiger partial charge on any atom is 0.159 e. The molecular formula is C6H12O2S. The first-order chi connectivity index (χ1) is 4.09. The van der Waals surface area contributed by atoms with E-state index in [2.05, 4.69) is 0 Å². The summed E-state index contributed by atoms with van der Waals surface area (Å²) in [5.41, 5.74) is 0.954. The zero-order chi connectivity index (χ0) is 7.44. The van der Waals surface area contributed by atoms with Crippen LogP contribution in [0.2, 0.25) is 0 Å². The molecule has 3 heteroatoms. The quantitative estimate of drug-likeness (QED) is 0.476. The zero-order valence-electron chi connectivity index (χ0n) is 5.92. The number of hydrogen-bond donors (Lipinski definition) is 1. The molecule has 0 aromatic carbocycles. The summed E-state index contributed by atoms with van der Waals surface area (Å²) in [6.45, 7) is 5.43. The molecule has 2 nitrogen and oxygen atoms in total. The molecule has 0 heterocycles. The van der Waals surface area contributed by atoms with Crippen LogP contribution in [-0.2, 0) is 11.1 Å². The van der Waals surface area contributed by atoms with Crippen molar-refractivity contribution >= 4 is 11.1 Å². The lowest BCUT2D eigenvalue weighted by Crippen LogP contribution is -2.10. The van der Waals surface area contributed by atoms with Crippen LogP contribution in [0.3, 0.4) is 0 Å². The lowest BCUT2D eigenvalue weighted by Gasteiger charge is -2.04. The van der Waals surface area contributed by atoms with Crippen molar-refractivity contribution in [1.82, 2.24) is 0 Å². The van der Waals surface area contributed by atoms with Crippen molar-refractivity contribution in [3.8, 4) is 0 Å². The molecule has 0 aliphatic heterocycles. The highest BCUT2D eigenvalue weighted by atomic mass is 32.2. The minimum absolute atomic E-state index is 0.227. The van der Waals surface area contributed by atoms with E-state index in [1.807, 2.05) is 19.9 Å². The Morgan fingerprint density at radius 1 is 1.78 bits per heavy atom. The van der Waals surface area contributed by atoms with Crippen LogP contribution >= 0.6 is 0 Å². The van der Waals surface area contributed by atoms with E-state index in [0.717, 1.165) is 5.57 Å². The molecule has 0 radical (unpaired) electrons. The minimum atomic E-state index is -1.71. The van der Waals surface area contributed by atoms with Crippen molar-refractivity contribution in [3.63, 3.8) is 0 Å². The van der Waals surface area contributed by atoms with Crippen molar-refractivity contribution in [1.29, 1.82) is 0 Å². The van der Waals surface area contributed by atoms with Gasteiger partial charge in [0.1, 0.15) is 0 Å². The van der Waals surface area contributed by atoms with Crippen LogP contribution in [-0.4, -0.2) is 14.0 Å². The summed E-state index contributed by atoms with van der Waals surface area (Å²) in [5, 5.41) is -0.227. The van der Waals surface area contributed by atoms with E-state index in [-0.39, 0.29) is 5.25 Å². The fourth-order valence-electron chi connectivity index (χ4n) is 0.394. The zero-order valence-corrected chi connectivity index (χ0v) is 6.73. The Bertz CT molecular complexity index is 140. The SMILES string of the molecule is CC=C(C)C(C)S(=O)O. The fraction of sp³-hybridized carbons (Fsp3) is 0.667. The van der Waals surface area contributed by atoms with Gasteiger partial charge >= 0.3 is 0 Å². The van der Waals surface area contributed by atoms with Gasteiger partial charge in [-0.2, -0.15) is 0 Å². The average Bonchev–Trinajstić information content (AvgIpc) is 1.84. The van der Waals surface area contributed by atoms with Gasteiger partial charge < -0.3 is 4.55 Å². The fourth-order valence-corrected chi connectivity index (χ4v) is 0.848. The summed E-state index contributed by atoms with van der Waals surface area (Å²) in [7, 11) is 0. The summed E-state index contributed by atoms with van der Waals surface area (Å²) >= 11 is -1.71. The van der Waals surface area contributed by atoms with Gasteiger partial charge in [0.05, 0.1) is 5.25 Å².